The van der Waals surface area contributed by atoms with Crippen LogP contribution in [0.1, 0.15) is 46.8 Å². The molecule has 196 valence electrons. The van der Waals surface area contributed by atoms with E-state index in [0.717, 1.165) is 0 Å². The number of ether oxygens (including phenoxy) is 1. The summed E-state index contributed by atoms with van der Waals surface area (Å²) >= 11 is 6.65. The van der Waals surface area contributed by atoms with Gasteiger partial charge in [-0.1, -0.05) is 23.7 Å². The first-order chi connectivity index (χ1) is 18.2. The lowest BCUT2D eigenvalue weighted by Gasteiger charge is -2.12. The molecule has 38 heavy (non-hydrogen) atoms. The monoisotopic (exact) mass is 552 g/mol. The predicted octanol–water partition coefficient (Wildman–Crippen LogP) is 4.25. The van der Waals surface area contributed by atoms with Crippen LogP contribution in [-0.4, -0.2) is 51.8 Å². The highest BCUT2D eigenvalue weighted by atomic mass is 35.5. The van der Waals surface area contributed by atoms with Gasteiger partial charge in [0.05, 0.1) is 52.0 Å². The molecule has 2 aromatic carbocycles. The summed E-state index contributed by atoms with van der Waals surface area (Å²) in [6.07, 6.45) is 3.86. The minimum Gasteiger partial charge on any atom is -0.462 e. The van der Waals surface area contributed by atoms with Crippen LogP contribution in [0.5, 0.6) is 0 Å². The molecule has 0 radical (unpaired) electrons. The highest BCUT2D eigenvalue weighted by molar-refractivity contribution is 7.91. The van der Waals surface area contributed by atoms with Gasteiger partial charge in [-0.05, 0) is 68.8 Å². The van der Waals surface area contributed by atoms with Gasteiger partial charge in [0.15, 0.2) is 9.84 Å². The largest absolute Gasteiger partial charge is 0.462 e. The van der Waals surface area contributed by atoms with E-state index in [1.54, 1.807) is 79.2 Å². The average Bonchev–Trinajstić information content (AvgIpc) is 3.40. The van der Waals surface area contributed by atoms with Crippen LogP contribution in [0, 0.1) is 6.92 Å². The maximum Gasteiger partial charge on any atom is 0.338 e. The molecule has 0 N–H and O–H groups in total. The average molecular weight is 553 g/mol. The fourth-order valence-corrected chi connectivity index (χ4v) is 6.63. The molecule has 1 saturated heterocycles. The van der Waals surface area contributed by atoms with Gasteiger partial charge < -0.3 is 4.74 Å². The Kier molecular flexibility index (Phi) is 6.93. The first-order valence-corrected chi connectivity index (χ1v) is 14.3. The van der Waals surface area contributed by atoms with E-state index in [1.165, 1.54) is 4.57 Å². The molecule has 0 aliphatic carbocycles. The van der Waals surface area contributed by atoms with Crippen molar-refractivity contribution in [3.63, 3.8) is 0 Å². The third-order valence-corrected chi connectivity index (χ3v) is 8.59. The number of benzene rings is 2. The summed E-state index contributed by atoms with van der Waals surface area (Å²) < 4.78 is 32.0. The highest BCUT2D eigenvalue weighted by Crippen LogP contribution is 2.31. The van der Waals surface area contributed by atoms with Crippen LogP contribution in [-0.2, 0) is 14.6 Å². The number of halogens is 1. The van der Waals surface area contributed by atoms with Crippen LogP contribution in [0.15, 0.2) is 53.3 Å². The quantitative estimate of drug-likeness (QED) is 0.328. The molecule has 4 aromatic rings. The second kappa shape index (κ2) is 10.2. The van der Waals surface area contributed by atoms with Crippen LogP contribution >= 0.6 is 11.6 Å². The molecule has 0 spiro atoms. The van der Waals surface area contributed by atoms with Crippen molar-refractivity contribution in [3.05, 3.63) is 86.7 Å². The smallest absolute Gasteiger partial charge is 0.338 e. The van der Waals surface area contributed by atoms with E-state index in [4.69, 9.17) is 21.3 Å². The van der Waals surface area contributed by atoms with Gasteiger partial charge in [-0.3, -0.25) is 9.36 Å². The number of aromatic nitrogens is 4. The van der Waals surface area contributed by atoms with Gasteiger partial charge in [0.25, 0.3) is 5.56 Å². The van der Waals surface area contributed by atoms with E-state index in [9.17, 15) is 18.0 Å². The predicted molar refractivity (Wildman–Crippen MR) is 147 cm³/mol. The number of para-hydroxylation sites is 1. The van der Waals surface area contributed by atoms with E-state index in [2.05, 4.69) is 5.10 Å². The van der Waals surface area contributed by atoms with Crippen molar-refractivity contribution in [1.82, 2.24) is 19.3 Å². The van der Waals surface area contributed by atoms with E-state index < -0.39 is 15.8 Å². The summed E-state index contributed by atoms with van der Waals surface area (Å²) in [7, 11) is -3.11. The first-order valence-electron chi connectivity index (χ1n) is 12.1. The number of carbonyl (C=O) groups is 1. The summed E-state index contributed by atoms with van der Waals surface area (Å²) in [6, 6.07) is 13.3. The number of hydrogen-bond donors (Lipinski definition) is 0. The van der Waals surface area contributed by atoms with Gasteiger partial charge in [0.2, 0.25) is 0 Å². The minimum absolute atomic E-state index is 0.00452. The van der Waals surface area contributed by atoms with E-state index in [1.807, 2.05) is 0 Å². The van der Waals surface area contributed by atoms with Crippen molar-refractivity contribution in [1.29, 1.82) is 0 Å². The van der Waals surface area contributed by atoms with Gasteiger partial charge in [-0.25, -0.2) is 22.9 Å². The van der Waals surface area contributed by atoms with Crippen molar-refractivity contribution in [2.24, 2.45) is 0 Å². The van der Waals surface area contributed by atoms with E-state index in [0.29, 0.717) is 50.8 Å². The fourth-order valence-electron chi connectivity index (χ4n) is 4.56. The van der Waals surface area contributed by atoms with E-state index >= 15 is 0 Å². The Balaban J connectivity index is 1.58. The van der Waals surface area contributed by atoms with Crippen molar-refractivity contribution >= 4 is 50.5 Å². The summed E-state index contributed by atoms with van der Waals surface area (Å²) in [5, 5.41) is 5.27. The lowest BCUT2D eigenvalue weighted by molar-refractivity contribution is 0.0526. The van der Waals surface area contributed by atoms with Gasteiger partial charge in [0, 0.05) is 5.56 Å². The Morgan fingerprint density at radius 2 is 1.89 bits per heavy atom. The third-order valence-electron chi connectivity index (χ3n) is 6.46. The Labute approximate surface area is 224 Å². The zero-order chi connectivity index (χ0) is 27.0. The van der Waals surface area contributed by atoms with Crippen LogP contribution in [0.25, 0.3) is 28.7 Å². The Morgan fingerprint density at radius 1 is 1.16 bits per heavy atom. The van der Waals surface area contributed by atoms with Crippen molar-refractivity contribution in [3.8, 4) is 5.69 Å². The number of sulfone groups is 1. The number of fused-ring (bicyclic) bond motifs is 1. The van der Waals surface area contributed by atoms with E-state index in [-0.39, 0.29) is 29.7 Å². The second-order valence-electron chi connectivity index (χ2n) is 9.02. The van der Waals surface area contributed by atoms with Crippen LogP contribution < -0.4 is 5.56 Å². The minimum atomic E-state index is -3.11. The molecule has 1 fully saturated rings. The molecule has 2 aromatic heterocycles. The molecule has 0 saturated carbocycles. The lowest BCUT2D eigenvalue weighted by atomic mass is 10.2. The Bertz CT molecular complexity index is 1740. The van der Waals surface area contributed by atoms with Gasteiger partial charge in [0.1, 0.15) is 11.0 Å². The molecule has 11 heteroatoms. The van der Waals surface area contributed by atoms with Crippen molar-refractivity contribution in [2.75, 3.05) is 18.1 Å². The van der Waals surface area contributed by atoms with Crippen LogP contribution in [0.4, 0.5) is 0 Å². The standard InChI is InChI=1S/C27H25ClN4O5S/c1-3-37-27(34)18-8-10-19(11-9-18)31-24(29-23-7-5-4-6-22(23)26(31)33)13-12-21-17(2)30-32(25(21)28)20-14-15-38(35,36)16-20/h4-13,20H,3,14-16H2,1-2H3/b13-12+. The molecule has 0 amide bonds. The molecule has 1 unspecified atom stereocenters. The Morgan fingerprint density at radius 3 is 2.58 bits per heavy atom. The molecule has 1 atom stereocenters. The number of carbonyl (C=O) groups excluding carboxylic acids is 1. The third kappa shape index (κ3) is 4.89. The van der Waals surface area contributed by atoms with Gasteiger partial charge in [-0.2, -0.15) is 5.10 Å². The molecule has 1 aliphatic rings. The Hall–Kier alpha value is -3.76. The van der Waals surface area contributed by atoms with Gasteiger partial charge >= 0.3 is 5.97 Å². The summed E-state index contributed by atoms with van der Waals surface area (Å²) in [6.45, 7) is 3.79. The molecule has 1 aliphatic heterocycles. The van der Waals surface area contributed by atoms with Crippen molar-refractivity contribution in [2.45, 2.75) is 26.3 Å². The second-order valence-corrected chi connectivity index (χ2v) is 11.6. The SMILES string of the molecule is CCOC(=O)c1ccc(-n2c(/C=C/c3c(C)nn(C4CCS(=O)(=O)C4)c3Cl)nc3ccccc3c2=O)cc1. The lowest BCUT2D eigenvalue weighted by Crippen LogP contribution is -2.22. The molecular weight excluding hydrogens is 528 g/mol. The molecule has 3 heterocycles. The summed E-state index contributed by atoms with van der Waals surface area (Å²) in [5.41, 5.74) is 2.40. The summed E-state index contributed by atoms with van der Waals surface area (Å²) in [5.74, 6) is 0.0230. The first kappa shape index (κ1) is 25.9. The molecule has 5 rings (SSSR count). The van der Waals surface area contributed by atoms with Crippen molar-refractivity contribution < 1.29 is 17.9 Å². The van der Waals surface area contributed by atoms with Crippen LogP contribution in [0.2, 0.25) is 5.15 Å². The zero-order valence-corrected chi connectivity index (χ0v) is 22.4. The molecule has 0 bridgehead atoms. The number of nitrogens with zero attached hydrogens (tertiary/aromatic N) is 4. The maximum absolute atomic E-state index is 13.6. The normalized spacial score (nSPS) is 16.9. The summed E-state index contributed by atoms with van der Waals surface area (Å²) in [4.78, 5) is 30.4. The van der Waals surface area contributed by atoms with Crippen LogP contribution in [0.3, 0.4) is 0 Å². The molecule has 9 nitrogen and oxygen atoms in total. The zero-order valence-electron chi connectivity index (χ0n) is 20.8. The maximum atomic E-state index is 13.6. The number of rotatable bonds is 6. The van der Waals surface area contributed by atoms with Gasteiger partial charge in [-0.15, -0.1) is 0 Å². The topological polar surface area (TPSA) is 113 Å². The highest BCUT2D eigenvalue weighted by Gasteiger charge is 2.31. The molecular formula is C27H25ClN4O5S. The number of aryl methyl sites for hydroxylation is 1. The number of hydrogen-bond acceptors (Lipinski definition) is 7. The fraction of sp³-hybridized carbons (Fsp3) is 0.259. The number of esters is 1.